The van der Waals surface area contributed by atoms with Crippen LogP contribution in [-0.2, 0) is 0 Å². The fourth-order valence-corrected chi connectivity index (χ4v) is 10.3. The molecule has 6 rings (SSSR count). The number of para-hydroxylation sites is 2. The van der Waals surface area contributed by atoms with Crippen LogP contribution in [-0.4, -0.2) is 25.1 Å². The molecule has 2 aliphatic rings. The zero-order valence-corrected chi connectivity index (χ0v) is 26.2. The number of halogens is 1. The Hall–Kier alpha value is -3.73. The van der Waals surface area contributed by atoms with E-state index >= 15 is 0 Å². The number of rotatable bonds is 6. The molecular formula is C36H31IN3Si. The topological polar surface area (TPSA) is 39.4 Å². The maximum atomic E-state index is 9.62. The summed E-state index contributed by atoms with van der Waals surface area (Å²) in [6, 6.07) is 40.2. The molecule has 1 aliphatic heterocycles. The Morgan fingerprint density at radius 1 is 0.927 bits per heavy atom. The van der Waals surface area contributed by atoms with Gasteiger partial charge in [0.05, 0.1) is 10.6 Å². The van der Waals surface area contributed by atoms with Gasteiger partial charge in [0.2, 0.25) is 0 Å². The van der Waals surface area contributed by atoms with Crippen molar-refractivity contribution in [1.82, 2.24) is 0 Å². The molecule has 41 heavy (non-hydrogen) atoms. The molecule has 0 saturated heterocycles. The van der Waals surface area contributed by atoms with E-state index < -0.39 is 8.80 Å². The van der Waals surface area contributed by atoms with Crippen LogP contribution in [0, 0.1) is 11.3 Å². The van der Waals surface area contributed by atoms with Gasteiger partial charge in [0.1, 0.15) is 20.6 Å². The zero-order chi connectivity index (χ0) is 28.2. The molecule has 1 radical (unpaired) electrons. The van der Waals surface area contributed by atoms with E-state index in [9.17, 15) is 5.26 Å². The second kappa shape index (κ2) is 12.4. The molecule has 201 valence electrons. The standard InChI is InChI=1S/C36H31IN3Si/c1-26(23-27(24-38)39-25-37)29-15-5-6-16-30(29)31-17-7-8-18-32(31)40-33-19-9-11-21-35(33)41(28-13-3-2-4-14-28)36-22-12-10-20-34(36)40/h2-11,13-21,23,34,36H,12,22,25H2,1H3/b26-23+,39-27?. The molecule has 3 nitrogen and oxygen atoms in total. The van der Waals surface area contributed by atoms with Crippen molar-refractivity contribution in [2.24, 2.45) is 4.99 Å². The third kappa shape index (κ3) is 5.34. The molecule has 1 aliphatic carbocycles. The molecule has 0 spiro atoms. The Labute approximate surface area is 258 Å². The molecule has 0 aromatic heterocycles. The number of nitrogens with zero attached hydrogens (tertiary/aromatic N) is 3. The highest BCUT2D eigenvalue weighted by atomic mass is 127. The summed E-state index contributed by atoms with van der Waals surface area (Å²) >= 11 is 2.18. The number of aliphatic imine (C=N–C) groups is 1. The minimum Gasteiger partial charge on any atom is -0.334 e. The molecule has 2 unspecified atom stereocenters. The van der Waals surface area contributed by atoms with Gasteiger partial charge in [-0.05, 0) is 65.4 Å². The van der Waals surface area contributed by atoms with Crippen molar-refractivity contribution in [3.05, 3.63) is 127 Å². The quantitative estimate of drug-likeness (QED) is 0.0526. The summed E-state index contributed by atoms with van der Waals surface area (Å²) in [5.74, 6) is 0. The highest BCUT2D eigenvalue weighted by Gasteiger charge is 2.43. The van der Waals surface area contributed by atoms with Crippen molar-refractivity contribution in [3.8, 4) is 17.2 Å². The molecule has 2 atom stereocenters. The van der Waals surface area contributed by atoms with Gasteiger partial charge in [-0.3, -0.25) is 4.99 Å². The second-order valence-corrected chi connectivity index (χ2v) is 13.8. The Bertz CT molecular complexity index is 1680. The second-order valence-electron chi connectivity index (χ2n) is 10.4. The first-order valence-electron chi connectivity index (χ1n) is 14.1. The van der Waals surface area contributed by atoms with Crippen LogP contribution in [0.2, 0.25) is 5.54 Å². The summed E-state index contributed by atoms with van der Waals surface area (Å²) in [5.41, 5.74) is 8.06. The molecule has 4 aromatic rings. The SMILES string of the molecule is C/C(=C\C(C#N)=NCI)c1ccccc1-c1ccccc1N1c2ccccc2[Si](c2ccccc2)C2CCC=CC21. The maximum absolute atomic E-state index is 9.62. The number of alkyl halides is 1. The maximum Gasteiger partial charge on any atom is 0.136 e. The summed E-state index contributed by atoms with van der Waals surface area (Å²) in [6.45, 7) is 2.08. The Morgan fingerprint density at radius 2 is 1.61 bits per heavy atom. The predicted octanol–water partition coefficient (Wildman–Crippen LogP) is 7.96. The normalized spacial score (nSPS) is 18.9. The zero-order valence-electron chi connectivity index (χ0n) is 23.0. The van der Waals surface area contributed by atoms with Gasteiger partial charge in [-0.15, -0.1) is 0 Å². The molecule has 0 bridgehead atoms. The van der Waals surface area contributed by atoms with Gasteiger partial charge in [0, 0.05) is 16.9 Å². The van der Waals surface area contributed by atoms with E-state index in [1.165, 1.54) is 33.7 Å². The van der Waals surface area contributed by atoms with Crippen molar-refractivity contribution in [2.75, 3.05) is 9.45 Å². The van der Waals surface area contributed by atoms with Crippen LogP contribution in [0.4, 0.5) is 11.4 Å². The van der Waals surface area contributed by atoms with Crippen LogP contribution in [0.25, 0.3) is 16.7 Å². The molecule has 4 aromatic carbocycles. The number of allylic oxidation sites excluding steroid dienone is 3. The van der Waals surface area contributed by atoms with E-state index in [1.54, 1.807) is 0 Å². The molecule has 0 amide bonds. The van der Waals surface area contributed by atoms with Crippen molar-refractivity contribution >= 4 is 64.4 Å². The number of nitriles is 1. The van der Waals surface area contributed by atoms with Crippen LogP contribution in [0.15, 0.2) is 126 Å². The third-order valence-corrected chi connectivity index (χ3v) is 11.8. The van der Waals surface area contributed by atoms with E-state index in [-0.39, 0.29) is 0 Å². The first kappa shape index (κ1) is 27.4. The predicted molar refractivity (Wildman–Crippen MR) is 183 cm³/mol. The lowest BCUT2D eigenvalue weighted by Crippen LogP contribution is -2.58. The van der Waals surface area contributed by atoms with E-state index in [0.717, 1.165) is 23.1 Å². The van der Waals surface area contributed by atoms with E-state index in [1.807, 2.05) is 6.08 Å². The number of benzene rings is 4. The number of fused-ring (bicyclic) bond motifs is 2. The fraction of sp³-hybridized carbons (Fsp3) is 0.167. The molecule has 5 heteroatoms. The highest BCUT2D eigenvalue weighted by molar-refractivity contribution is 14.1. The summed E-state index contributed by atoms with van der Waals surface area (Å²) in [7, 11) is -0.986. The van der Waals surface area contributed by atoms with Crippen molar-refractivity contribution < 1.29 is 0 Å². The molecular weight excluding hydrogens is 629 g/mol. The van der Waals surface area contributed by atoms with Crippen LogP contribution >= 0.6 is 22.6 Å². The van der Waals surface area contributed by atoms with Crippen molar-refractivity contribution in [3.63, 3.8) is 0 Å². The lowest BCUT2D eigenvalue weighted by molar-refractivity contribution is 0.617. The van der Waals surface area contributed by atoms with Gasteiger partial charge in [0.15, 0.2) is 0 Å². The van der Waals surface area contributed by atoms with Crippen molar-refractivity contribution in [1.29, 1.82) is 5.26 Å². The summed E-state index contributed by atoms with van der Waals surface area (Å²) in [6.07, 6.45) is 9.08. The Balaban J connectivity index is 1.54. The third-order valence-electron chi connectivity index (χ3n) is 8.10. The van der Waals surface area contributed by atoms with Crippen LogP contribution in [0.3, 0.4) is 0 Å². The monoisotopic (exact) mass is 660 g/mol. The van der Waals surface area contributed by atoms with Gasteiger partial charge in [-0.2, -0.15) is 5.26 Å². The number of hydrogen-bond donors (Lipinski definition) is 0. The van der Waals surface area contributed by atoms with Crippen LogP contribution in [0.1, 0.15) is 25.3 Å². The number of anilines is 2. The lowest BCUT2D eigenvalue weighted by Gasteiger charge is -2.48. The molecule has 0 fully saturated rings. The van der Waals surface area contributed by atoms with Gasteiger partial charge in [-0.1, -0.05) is 131 Å². The molecule has 1 heterocycles. The number of hydrogen-bond acceptors (Lipinski definition) is 3. The summed E-state index contributed by atoms with van der Waals surface area (Å²) in [5, 5.41) is 12.6. The van der Waals surface area contributed by atoms with Gasteiger partial charge < -0.3 is 4.90 Å². The van der Waals surface area contributed by atoms with Crippen molar-refractivity contribution in [2.45, 2.75) is 31.3 Å². The van der Waals surface area contributed by atoms with E-state index in [2.05, 4.69) is 161 Å². The average Bonchev–Trinajstić information content (AvgIpc) is 3.03. The summed E-state index contributed by atoms with van der Waals surface area (Å²) < 4.78 is 0.561. The van der Waals surface area contributed by atoms with E-state index in [0.29, 0.717) is 21.8 Å². The smallest absolute Gasteiger partial charge is 0.136 e. The van der Waals surface area contributed by atoms with Gasteiger partial charge in [0.25, 0.3) is 0 Å². The van der Waals surface area contributed by atoms with Gasteiger partial charge >= 0.3 is 0 Å². The first-order chi connectivity index (χ1) is 20.2. The average molecular weight is 661 g/mol. The lowest BCUT2D eigenvalue weighted by atomic mass is 9.91. The molecule has 0 N–H and O–H groups in total. The van der Waals surface area contributed by atoms with E-state index in [4.69, 9.17) is 0 Å². The summed E-state index contributed by atoms with van der Waals surface area (Å²) in [4.78, 5) is 6.96. The molecule has 0 saturated carbocycles. The first-order valence-corrected chi connectivity index (χ1v) is 17.2. The van der Waals surface area contributed by atoms with Gasteiger partial charge in [-0.25, -0.2) is 0 Å². The Kier molecular flexibility index (Phi) is 8.31. The fourth-order valence-electron chi connectivity index (χ4n) is 6.38. The Morgan fingerprint density at radius 3 is 2.39 bits per heavy atom. The minimum atomic E-state index is -0.986. The van der Waals surface area contributed by atoms with Crippen LogP contribution in [0.5, 0.6) is 0 Å². The van der Waals surface area contributed by atoms with Crippen LogP contribution < -0.4 is 15.3 Å². The largest absolute Gasteiger partial charge is 0.334 e. The highest BCUT2D eigenvalue weighted by Crippen LogP contribution is 2.46. The minimum absolute atomic E-state index is 0.290.